The molecular weight excluding hydrogens is 343 g/mol. The highest BCUT2D eigenvalue weighted by Gasteiger charge is 2.35. The molecule has 0 spiro atoms. The van der Waals surface area contributed by atoms with Crippen LogP contribution < -0.4 is 4.90 Å². The molecule has 1 rings (SSSR count). The summed E-state index contributed by atoms with van der Waals surface area (Å²) in [5.74, 6) is 0. The Labute approximate surface area is 133 Å². The molecule has 21 heavy (non-hydrogen) atoms. The summed E-state index contributed by atoms with van der Waals surface area (Å²) in [5, 5.41) is 0.425. The summed E-state index contributed by atoms with van der Waals surface area (Å²) in [4.78, 5) is 1.89. The topological polar surface area (TPSA) is 3.24 Å². The number of anilines is 1. The van der Waals surface area contributed by atoms with Crippen molar-refractivity contribution >= 4 is 21.6 Å². The van der Waals surface area contributed by atoms with Crippen LogP contribution in [0.15, 0.2) is 18.2 Å². The van der Waals surface area contributed by atoms with Gasteiger partial charge in [0.05, 0.1) is 5.56 Å². The minimum absolute atomic E-state index is 0.0903. The highest BCUT2D eigenvalue weighted by Crippen LogP contribution is 2.38. The van der Waals surface area contributed by atoms with Crippen molar-refractivity contribution in [1.29, 1.82) is 0 Å². The first-order valence-electron chi connectivity index (χ1n) is 7.37. The Morgan fingerprint density at radius 3 is 2.38 bits per heavy atom. The number of rotatable bonds is 7. The van der Waals surface area contributed by atoms with E-state index < -0.39 is 11.7 Å². The minimum atomic E-state index is -4.33. The highest BCUT2D eigenvalue weighted by molar-refractivity contribution is 9.08. The van der Waals surface area contributed by atoms with E-state index in [1.807, 2.05) is 25.7 Å². The van der Waals surface area contributed by atoms with Gasteiger partial charge in [0.1, 0.15) is 0 Å². The molecule has 1 unspecified atom stereocenters. The molecule has 0 amide bonds. The van der Waals surface area contributed by atoms with Gasteiger partial charge in [-0.1, -0.05) is 42.3 Å². The van der Waals surface area contributed by atoms with E-state index >= 15 is 0 Å². The second-order valence-electron chi connectivity index (χ2n) is 5.29. The fourth-order valence-corrected chi connectivity index (χ4v) is 2.62. The number of benzene rings is 1. The van der Waals surface area contributed by atoms with E-state index in [1.165, 1.54) is 6.07 Å². The van der Waals surface area contributed by atoms with Crippen LogP contribution in [0.1, 0.15) is 51.2 Å². The minimum Gasteiger partial charge on any atom is -0.368 e. The molecule has 0 saturated carbocycles. The summed E-state index contributed by atoms with van der Waals surface area (Å²) in [6.45, 7) is 6.69. The largest absolute Gasteiger partial charge is 0.418 e. The van der Waals surface area contributed by atoms with Crippen LogP contribution in [0, 0.1) is 0 Å². The van der Waals surface area contributed by atoms with Gasteiger partial charge in [0.25, 0.3) is 0 Å². The zero-order valence-corrected chi connectivity index (χ0v) is 14.4. The summed E-state index contributed by atoms with van der Waals surface area (Å²) >= 11 is 3.22. The Morgan fingerprint density at radius 1 is 1.24 bits per heavy atom. The average molecular weight is 366 g/mol. The number of nitrogens with zero attached hydrogens (tertiary/aromatic N) is 1. The van der Waals surface area contributed by atoms with E-state index in [-0.39, 0.29) is 6.04 Å². The molecule has 1 nitrogen and oxygen atoms in total. The molecule has 0 fully saturated rings. The second-order valence-corrected chi connectivity index (χ2v) is 5.85. The molecule has 0 N–H and O–H groups in total. The van der Waals surface area contributed by atoms with Crippen LogP contribution in [0.25, 0.3) is 0 Å². The van der Waals surface area contributed by atoms with Crippen LogP contribution in [-0.4, -0.2) is 12.6 Å². The van der Waals surface area contributed by atoms with E-state index in [0.29, 0.717) is 23.1 Å². The third-order valence-electron chi connectivity index (χ3n) is 3.71. The maximum atomic E-state index is 13.4. The average Bonchev–Trinajstić information content (AvgIpc) is 2.46. The third kappa shape index (κ3) is 4.90. The lowest BCUT2D eigenvalue weighted by Crippen LogP contribution is -2.35. The van der Waals surface area contributed by atoms with E-state index in [9.17, 15) is 13.2 Å². The number of hydrogen-bond acceptors (Lipinski definition) is 1. The molecule has 0 aliphatic carbocycles. The molecule has 0 aliphatic heterocycles. The van der Waals surface area contributed by atoms with E-state index in [2.05, 4.69) is 15.9 Å². The predicted octanol–water partition coefficient (Wildman–Crippen LogP) is 6.01. The lowest BCUT2D eigenvalue weighted by Gasteiger charge is -2.33. The Morgan fingerprint density at radius 2 is 1.90 bits per heavy atom. The van der Waals surface area contributed by atoms with Crippen molar-refractivity contribution in [2.24, 2.45) is 0 Å². The van der Waals surface area contributed by atoms with Gasteiger partial charge in [-0.2, -0.15) is 13.2 Å². The van der Waals surface area contributed by atoms with Crippen molar-refractivity contribution < 1.29 is 13.2 Å². The van der Waals surface area contributed by atoms with Crippen LogP contribution in [0.5, 0.6) is 0 Å². The van der Waals surface area contributed by atoms with Gasteiger partial charge in [0.2, 0.25) is 0 Å². The number of halogens is 4. The summed E-state index contributed by atoms with van der Waals surface area (Å²) in [6.07, 6.45) is -1.65. The molecule has 0 bridgehead atoms. The first-order chi connectivity index (χ1) is 9.85. The van der Waals surface area contributed by atoms with E-state index in [0.717, 1.165) is 19.3 Å². The zero-order chi connectivity index (χ0) is 16.0. The van der Waals surface area contributed by atoms with Crippen molar-refractivity contribution in [2.75, 3.05) is 11.4 Å². The molecule has 0 aromatic heterocycles. The van der Waals surface area contributed by atoms with Gasteiger partial charge in [-0.15, -0.1) is 0 Å². The number of alkyl halides is 4. The van der Waals surface area contributed by atoms with Crippen molar-refractivity contribution in [3.05, 3.63) is 29.3 Å². The van der Waals surface area contributed by atoms with Crippen molar-refractivity contribution in [3.63, 3.8) is 0 Å². The quantitative estimate of drug-likeness (QED) is 0.535. The molecule has 1 atom stereocenters. The van der Waals surface area contributed by atoms with Crippen molar-refractivity contribution in [2.45, 2.75) is 57.6 Å². The molecule has 1 aromatic rings. The maximum absolute atomic E-state index is 13.4. The first-order valence-corrected chi connectivity index (χ1v) is 8.50. The Kier molecular flexibility index (Phi) is 7.04. The zero-order valence-electron chi connectivity index (χ0n) is 12.8. The lowest BCUT2D eigenvalue weighted by atomic mass is 10.0. The van der Waals surface area contributed by atoms with Crippen molar-refractivity contribution in [1.82, 2.24) is 0 Å². The summed E-state index contributed by atoms with van der Waals surface area (Å²) in [6, 6.07) is 4.72. The van der Waals surface area contributed by atoms with Gasteiger partial charge in [-0.3, -0.25) is 0 Å². The SMILES string of the molecule is CCCCN(c1ccc(CBr)cc1C(F)(F)F)C(C)CC. The van der Waals surface area contributed by atoms with Gasteiger partial charge in [0.15, 0.2) is 0 Å². The van der Waals surface area contributed by atoms with Crippen molar-refractivity contribution in [3.8, 4) is 0 Å². The summed E-state index contributed by atoms with van der Waals surface area (Å²) < 4.78 is 40.1. The molecule has 5 heteroatoms. The van der Waals surface area contributed by atoms with Gasteiger partial charge >= 0.3 is 6.18 Å². The summed E-state index contributed by atoms with van der Waals surface area (Å²) in [7, 11) is 0. The molecule has 1 aromatic carbocycles. The molecule has 0 heterocycles. The van der Waals surface area contributed by atoms with Crippen LogP contribution in [0.2, 0.25) is 0 Å². The smallest absolute Gasteiger partial charge is 0.368 e. The monoisotopic (exact) mass is 365 g/mol. The Bertz CT molecular complexity index is 446. The Hall–Kier alpha value is -0.710. The van der Waals surface area contributed by atoms with Crippen LogP contribution >= 0.6 is 15.9 Å². The van der Waals surface area contributed by atoms with Gasteiger partial charge in [-0.25, -0.2) is 0 Å². The standard InChI is InChI=1S/C16H23BrF3N/c1-4-6-9-21(12(3)5-2)15-8-7-13(11-17)10-14(15)16(18,19)20/h7-8,10,12H,4-6,9,11H2,1-3H3. The third-order valence-corrected chi connectivity index (χ3v) is 4.35. The normalized spacial score (nSPS) is 13.3. The fourth-order valence-electron chi connectivity index (χ4n) is 2.27. The molecule has 0 saturated heterocycles. The highest BCUT2D eigenvalue weighted by atomic mass is 79.9. The maximum Gasteiger partial charge on any atom is 0.418 e. The molecular formula is C16H23BrF3N. The first kappa shape index (κ1) is 18.3. The lowest BCUT2D eigenvalue weighted by molar-refractivity contribution is -0.137. The van der Waals surface area contributed by atoms with Crippen LogP contribution in [-0.2, 0) is 11.5 Å². The summed E-state index contributed by atoms with van der Waals surface area (Å²) in [5.41, 5.74) is 0.413. The molecule has 120 valence electrons. The fraction of sp³-hybridized carbons (Fsp3) is 0.625. The van der Waals surface area contributed by atoms with Gasteiger partial charge < -0.3 is 4.90 Å². The second kappa shape index (κ2) is 8.06. The number of unbranched alkanes of at least 4 members (excludes halogenated alkanes) is 1. The predicted molar refractivity (Wildman–Crippen MR) is 86.1 cm³/mol. The van der Waals surface area contributed by atoms with Gasteiger partial charge in [0, 0.05) is 23.6 Å². The van der Waals surface area contributed by atoms with E-state index in [4.69, 9.17) is 0 Å². The Balaban J connectivity index is 3.28. The number of hydrogen-bond donors (Lipinski definition) is 0. The molecule has 0 radical (unpaired) electrons. The van der Waals surface area contributed by atoms with Crippen LogP contribution in [0.4, 0.5) is 18.9 Å². The molecule has 0 aliphatic rings. The van der Waals surface area contributed by atoms with E-state index in [1.54, 1.807) is 12.1 Å². The van der Waals surface area contributed by atoms with Crippen LogP contribution in [0.3, 0.4) is 0 Å². The van der Waals surface area contributed by atoms with Gasteiger partial charge in [-0.05, 0) is 37.5 Å².